The number of piperazine rings is 1. The van der Waals surface area contributed by atoms with Crippen LogP contribution in [0.1, 0.15) is 24.9 Å². The molecule has 1 atom stereocenters. The maximum absolute atomic E-state index is 12.9. The summed E-state index contributed by atoms with van der Waals surface area (Å²) in [7, 11) is 0. The molecule has 0 amide bonds. The first-order valence-corrected chi connectivity index (χ1v) is 7.16. The summed E-state index contributed by atoms with van der Waals surface area (Å²) in [6.07, 6.45) is -2.43. The van der Waals surface area contributed by atoms with Crippen molar-refractivity contribution in [3.63, 3.8) is 0 Å². The molecule has 1 heterocycles. The number of rotatable bonds is 6. The Morgan fingerprint density at radius 3 is 2.70 bits per heavy atom. The normalized spacial score (nSPS) is 18.2. The lowest BCUT2D eigenvalue weighted by Gasteiger charge is -2.35. The summed E-state index contributed by atoms with van der Waals surface area (Å²) in [5, 5.41) is 3.25. The van der Waals surface area contributed by atoms with E-state index < -0.39 is 6.43 Å². The maximum Gasteiger partial charge on any atom is 0.240 e. The second-order valence-electron chi connectivity index (χ2n) is 4.93. The Bertz CT molecular complexity index is 409. The molecule has 0 aliphatic carbocycles. The van der Waals surface area contributed by atoms with Gasteiger partial charge in [-0.05, 0) is 24.6 Å². The molecule has 0 bridgehead atoms. The fraction of sp³-hybridized carbons (Fsp3) is 0.600. The van der Waals surface area contributed by atoms with E-state index in [1.54, 1.807) is 0 Å². The van der Waals surface area contributed by atoms with Crippen LogP contribution in [0.5, 0.6) is 5.75 Å². The van der Waals surface area contributed by atoms with Crippen molar-refractivity contribution >= 4 is 0 Å². The van der Waals surface area contributed by atoms with Crippen molar-refractivity contribution in [1.82, 2.24) is 10.2 Å². The first-order chi connectivity index (χ1) is 9.70. The van der Waals surface area contributed by atoms with Crippen LogP contribution in [0, 0.1) is 0 Å². The number of nitrogens with zero attached hydrogens (tertiary/aromatic N) is 1. The second kappa shape index (κ2) is 7.55. The van der Waals surface area contributed by atoms with E-state index in [9.17, 15) is 8.78 Å². The monoisotopic (exact) mass is 284 g/mol. The molecule has 112 valence electrons. The van der Waals surface area contributed by atoms with Crippen molar-refractivity contribution in [2.75, 3.05) is 32.8 Å². The molecule has 2 rings (SSSR count). The van der Waals surface area contributed by atoms with Crippen LogP contribution in [0.15, 0.2) is 24.3 Å². The molecule has 1 fully saturated rings. The van der Waals surface area contributed by atoms with E-state index in [2.05, 4.69) is 10.2 Å². The zero-order valence-electron chi connectivity index (χ0n) is 11.8. The summed E-state index contributed by atoms with van der Waals surface area (Å²) in [6, 6.07) is 7.30. The highest BCUT2D eigenvalue weighted by Gasteiger charge is 2.25. The van der Waals surface area contributed by atoms with Gasteiger partial charge in [0, 0.05) is 38.6 Å². The van der Waals surface area contributed by atoms with Gasteiger partial charge in [-0.3, -0.25) is 4.90 Å². The van der Waals surface area contributed by atoms with Gasteiger partial charge >= 0.3 is 0 Å². The van der Waals surface area contributed by atoms with E-state index in [1.807, 2.05) is 31.2 Å². The van der Waals surface area contributed by atoms with Crippen molar-refractivity contribution in [3.05, 3.63) is 29.8 Å². The Morgan fingerprint density at radius 2 is 2.05 bits per heavy atom. The zero-order valence-corrected chi connectivity index (χ0v) is 11.8. The summed E-state index contributed by atoms with van der Waals surface area (Å²) in [5.41, 5.74) is 0.915. The van der Waals surface area contributed by atoms with Crippen molar-refractivity contribution in [2.45, 2.75) is 25.8 Å². The molecule has 0 radical (unpaired) electrons. The van der Waals surface area contributed by atoms with Crippen LogP contribution in [-0.2, 0) is 0 Å². The Morgan fingerprint density at radius 1 is 1.30 bits per heavy atom. The molecule has 5 heteroatoms. The Balaban J connectivity index is 2.18. The maximum atomic E-state index is 12.9. The third-order valence-corrected chi connectivity index (χ3v) is 3.55. The van der Waals surface area contributed by atoms with E-state index in [0.29, 0.717) is 6.61 Å². The van der Waals surface area contributed by atoms with E-state index in [0.717, 1.165) is 37.5 Å². The SMILES string of the molecule is CCOc1cccc([C@@H](CC(F)F)N2CCNCC2)c1. The lowest BCUT2D eigenvalue weighted by molar-refractivity contribution is 0.0738. The van der Waals surface area contributed by atoms with Gasteiger partial charge in [-0.15, -0.1) is 0 Å². The standard InChI is InChI=1S/C15H22F2N2O/c1-2-20-13-5-3-4-12(10-13)14(11-15(16)17)19-8-6-18-7-9-19/h3-5,10,14-15,18H,2,6-9,11H2,1H3/t14-/m1/s1. The molecule has 0 aromatic heterocycles. The summed E-state index contributed by atoms with van der Waals surface area (Å²) >= 11 is 0. The minimum atomic E-state index is -2.30. The molecule has 1 N–H and O–H groups in total. The average molecular weight is 284 g/mol. The number of halogens is 2. The Kier molecular flexibility index (Phi) is 5.73. The topological polar surface area (TPSA) is 24.5 Å². The molecule has 0 unspecified atom stereocenters. The fourth-order valence-corrected chi connectivity index (χ4v) is 2.64. The van der Waals surface area contributed by atoms with E-state index in [-0.39, 0.29) is 12.5 Å². The highest BCUT2D eigenvalue weighted by Crippen LogP contribution is 2.29. The highest BCUT2D eigenvalue weighted by molar-refractivity contribution is 5.30. The number of benzene rings is 1. The first-order valence-electron chi connectivity index (χ1n) is 7.16. The minimum Gasteiger partial charge on any atom is -0.494 e. The molecule has 1 aromatic carbocycles. The van der Waals surface area contributed by atoms with Crippen LogP contribution in [0.2, 0.25) is 0 Å². The molecule has 0 spiro atoms. The lowest BCUT2D eigenvalue weighted by atomic mass is 10.0. The molecule has 3 nitrogen and oxygen atoms in total. The molecular formula is C15H22F2N2O. The van der Waals surface area contributed by atoms with Crippen LogP contribution < -0.4 is 10.1 Å². The van der Waals surface area contributed by atoms with Crippen LogP contribution in [-0.4, -0.2) is 44.1 Å². The zero-order chi connectivity index (χ0) is 14.4. The predicted octanol–water partition coefficient (Wildman–Crippen LogP) is 2.69. The first kappa shape index (κ1) is 15.2. The number of hydrogen-bond donors (Lipinski definition) is 1. The third kappa shape index (κ3) is 4.15. The fourth-order valence-electron chi connectivity index (χ4n) is 2.64. The van der Waals surface area contributed by atoms with Gasteiger partial charge in [0.2, 0.25) is 6.43 Å². The number of nitrogens with one attached hydrogen (secondary N) is 1. The number of hydrogen-bond acceptors (Lipinski definition) is 3. The minimum absolute atomic E-state index is 0.129. The highest BCUT2D eigenvalue weighted by atomic mass is 19.3. The quantitative estimate of drug-likeness (QED) is 0.869. The number of ether oxygens (including phenoxy) is 1. The Hall–Kier alpha value is -1.20. The molecule has 20 heavy (non-hydrogen) atoms. The van der Waals surface area contributed by atoms with Gasteiger partial charge < -0.3 is 10.1 Å². The molecule has 1 aliphatic heterocycles. The van der Waals surface area contributed by atoms with Crippen molar-refractivity contribution in [2.24, 2.45) is 0 Å². The largest absolute Gasteiger partial charge is 0.494 e. The summed E-state index contributed by atoms with van der Waals surface area (Å²) < 4.78 is 31.3. The van der Waals surface area contributed by atoms with Crippen LogP contribution in [0.4, 0.5) is 8.78 Å². The van der Waals surface area contributed by atoms with E-state index in [4.69, 9.17) is 4.74 Å². The smallest absolute Gasteiger partial charge is 0.240 e. The average Bonchev–Trinajstić information content (AvgIpc) is 2.46. The van der Waals surface area contributed by atoms with Crippen LogP contribution in [0.3, 0.4) is 0 Å². The van der Waals surface area contributed by atoms with Gasteiger partial charge in [-0.25, -0.2) is 8.78 Å². The van der Waals surface area contributed by atoms with Gasteiger partial charge in [0.1, 0.15) is 5.75 Å². The van der Waals surface area contributed by atoms with Crippen molar-refractivity contribution < 1.29 is 13.5 Å². The molecule has 1 aliphatic rings. The van der Waals surface area contributed by atoms with Crippen molar-refractivity contribution in [1.29, 1.82) is 0 Å². The van der Waals surface area contributed by atoms with Gasteiger partial charge in [-0.2, -0.15) is 0 Å². The lowest BCUT2D eigenvalue weighted by Crippen LogP contribution is -2.45. The van der Waals surface area contributed by atoms with Crippen molar-refractivity contribution in [3.8, 4) is 5.75 Å². The summed E-state index contributed by atoms with van der Waals surface area (Å²) in [6.45, 7) is 5.80. The molecule has 0 saturated carbocycles. The molecule has 1 aromatic rings. The van der Waals surface area contributed by atoms with Crippen LogP contribution >= 0.6 is 0 Å². The van der Waals surface area contributed by atoms with Gasteiger partial charge in [-0.1, -0.05) is 12.1 Å². The Labute approximate surface area is 118 Å². The van der Waals surface area contributed by atoms with E-state index in [1.165, 1.54) is 0 Å². The summed E-state index contributed by atoms with van der Waals surface area (Å²) in [4.78, 5) is 2.13. The molecular weight excluding hydrogens is 262 g/mol. The summed E-state index contributed by atoms with van der Waals surface area (Å²) in [5.74, 6) is 0.749. The van der Waals surface area contributed by atoms with Gasteiger partial charge in [0.15, 0.2) is 0 Å². The number of alkyl halides is 2. The van der Waals surface area contributed by atoms with Gasteiger partial charge in [0.25, 0.3) is 0 Å². The molecule has 1 saturated heterocycles. The predicted molar refractivity (Wildman–Crippen MR) is 75.4 cm³/mol. The second-order valence-corrected chi connectivity index (χ2v) is 4.93. The van der Waals surface area contributed by atoms with Gasteiger partial charge in [0.05, 0.1) is 6.61 Å². The van der Waals surface area contributed by atoms with E-state index >= 15 is 0 Å². The van der Waals surface area contributed by atoms with Crippen LogP contribution in [0.25, 0.3) is 0 Å². The third-order valence-electron chi connectivity index (χ3n) is 3.55.